The van der Waals surface area contributed by atoms with Crippen molar-refractivity contribution in [2.45, 2.75) is 50.7 Å². The van der Waals surface area contributed by atoms with Crippen LogP contribution in [0.5, 0.6) is 0 Å². The van der Waals surface area contributed by atoms with E-state index in [9.17, 15) is 4.79 Å². The van der Waals surface area contributed by atoms with E-state index >= 15 is 0 Å². The van der Waals surface area contributed by atoms with Crippen LogP contribution in [0.2, 0.25) is 0 Å². The Hall–Kier alpha value is -0.870. The number of amides is 1. The van der Waals surface area contributed by atoms with Crippen LogP contribution in [0, 0.1) is 11.8 Å². The Morgan fingerprint density at radius 1 is 1.25 bits per heavy atom. The van der Waals surface area contributed by atoms with Gasteiger partial charge in [0, 0.05) is 19.1 Å². The van der Waals surface area contributed by atoms with Crippen molar-refractivity contribution in [2.75, 3.05) is 19.8 Å². The van der Waals surface area contributed by atoms with Crippen LogP contribution in [0.4, 0.5) is 0 Å². The molecule has 20 heavy (non-hydrogen) atoms. The summed E-state index contributed by atoms with van der Waals surface area (Å²) in [6.45, 7) is 2.16. The maximum absolute atomic E-state index is 12.2. The van der Waals surface area contributed by atoms with Gasteiger partial charge in [0.2, 0.25) is 5.91 Å². The van der Waals surface area contributed by atoms with Gasteiger partial charge in [0.25, 0.3) is 0 Å². The van der Waals surface area contributed by atoms with Crippen LogP contribution in [0.25, 0.3) is 0 Å². The highest BCUT2D eigenvalue weighted by Gasteiger charge is 2.31. The average molecular weight is 279 g/mol. The number of rotatable bonds is 5. The molecule has 4 nitrogen and oxygen atoms in total. The monoisotopic (exact) mass is 279 g/mol. The third kappa shape index (κ3) is 3.41. The molecule has 3 rings (SSSR count). The lowest BCUT2D eigenvalue weighted by atomic mass is 9.86. The second kappa shape index (κ2) is 6.72. The van der Waals surface area contributed by atoms with Crippen molar-refractivity contribution in [3.63, 3.8) is 0 Å². The maximum atomic E-state index is 12.2. The van der Waals surface area contributed by atoms with Crippen molar-refractivity contribution in [1.82, 2.24) is 5.32 Å². The van der Waals surface area contributed by atoms with E-state index in [-0.39, 0.29) is 24.0 Å². The molecule has 4 heteroatoms. The number of nitrogens with one attached hydrogen (secondary N) is 1. The van der Waals surface area contributed by atoms with Gasteiger partial charge >= 0.3 is 0 Å². The van der Waals surface area contributed by atoms with Crippen molar-refractivity contribution >= 4 is 5.91 Å². The normalized spacial score (nSPS) is 31.2. The van der Waals surface area contributed by atoms with Gasteiger partial charge in [-0.1, -0.05) is 18.6 Å². The fraction of sp³-hybridized carbons (Fsp3) is 0.812. The summed E-state index contributed by atoms with van der Waals surface area (Å²) < 4.78 is 11.5. The first-order valence-electron chi connectivity index (χ1n) is 7.97. The van der Waals surface area contributed by atoms with E-state index < -0.39 is 0 Å². The predicted octanol–water partition coefficient (Wildman–Crippen LogP) is 2.04. The molecule has 0 aromatic carbocycles. The van der Waals surface area contributed by atoms with Gasteiger partial charge in [-0.25, -0.2) is 0 Å². The topological polar surface area (TPSA) is 47.6 Å². The molecule has 1 amide bonds. The molecule has 0 aromatic heterocycles. The summed E-state index contributed by atoms with van der Waals surface area (Å²) in [7, 11) is 0. The first-order chi connectivity index (χ1) is 9.83. The Kier molecular flexibility index (Phi) is 4.73. The van der Waals surface area contributed by atoms with E-state index in [1.807, 2.05) is 0 Å². The number of carbonyl (C=O) groups excluding carboxylic acids is 1. The number of carbonyl (C=O) groups is 1. The van der Waals surface area contributed by atoms with E-state index in [1.54, 1.807) is 0 Å². The highest BCUT2D eigenvalue weighted by Crippen LogP contribution is 2.27. The van der Waals surface area contributed by atoms with E-state index in [2.05, 4.69) is 17.5 Å². The van der Waals surface area contributed by atoms with Gasteiger partial charge in [-0.15, -0.1) is 0 Å². The van der Waals surface area contributed by atoms with Gasteiger partial charge < -0.3 is 14.8 Å². The average Bonchev–Trinajstić information content (AvgIpc) is 2.93. The van der Waals surface area contributed by atoms with Gasteiger partial charge in [-0.05, 0) is 38.0 Å². The van der Waals surface area contributed by atoms with Crippen molar-refractivity contribution in [3.05, 3.63) is 12.2 Å². The molecule has 2 aliphatic carbocycles. The van der Waals surface area contributed by atoms with Crippen LogP contribution in [-0.2, 0) is 14.3 Å². The van der Waals surface area contributed by atoms with Crippen LogP contribution in [0.1, 0.15) is 38.5 Å². The molecule has 0 spiro atoms. The number of ether oxygens (including phenoxy) is 2. The minimum Gasteiger partial charge on any atom is -0.379 e. The van der Waals surface area contributed by atoms with Crippen LogP contribution >= 0.6 is 0 Å². The number of allylic oxidation sites excluding steroid dienone is 2. The number of hydrogen-bond donors (Lipinski definition) is 1. The zero-order valence-corrected chi connectivity index (χ0v) is 12.1. The van der Waals surface area contributed by atoms with E-state index in [4.69, 9.17) is 9.47 Å². The minimum atomic E-state index is 0.0302. The largest absolute Gasteiger partial charge is 0.379 e. The Bertz CT molecular complexity index is 357. The summed E-state index contributed by atoms with van der Waals surface area (Å²) in [5.74, 6) is 1.04. The van der Waals surface area contributed by atoms with Crippen LogP contribution in [0.15, 0.2) is 12.2 Å². The summed E-state index contributed by atoms with van der Waals surface area (Å²) in [5, 5.41) is 3.19. The summed E-state index contributed by atoms with van der Waals surface area (Å²) in [5.41, 5.74) is 0. The molecular formula is C16H25NO3. The molecular weight excluding hydrogens is 254 g/mol. The molecule has 2 fully saturated rings. The molecule has 112 valence electrons. The van der Waals surface area contributed by atoms with Crippen molar-refractivity contribution in [3.8, 4) is 0 Å². The SMILES string of the molecule is O=C(N[C@@H]1CCOC[C@H]1OCC1CCC1)C1CC=CC1. The zero-order valence-electron chi connectivity index (χ0n) is 12.1. The molecule has 0 unspecified atom stereocenters. The predicted molar refractivity (Wildman–Crippen MR) is 76.3 cm³/mol. The lowest BCUT2D eigenvalue weighted by Gasteiger charge is -2.35. The Balaban J connectivity index is 1.47. The molecule has 1 N–H and O–H groups in total. The zero-order chi connectivity index (χ0) is 13.8. The van der Waals surface area contributed by atoms with E-state index in [1.165, 1.54) is 19.3 Å². The second-order valence-corrected chi connectivity index (χ2v) is 6.29. The molecule has 3 aliphatic rings. The van der Waals surface area contributed by atoms with Crippen LogP contribution in [0.3, 0.4) is 0 Å². The molecule has 0 radical (unpaired) electrons. The lowest BCUT2D eigenvalue weighted by Crippen LogP contribution is -2.51. The molecule has 1 saturated carbocycles. The molecule has 1 aliphatic heterocycles. The molecule has 1 saturated heterocycles. The fourth-order valence-electron chi connectivity index (χ4n) is 3.09. The van der Waals surface area contributed by atoms with Crippen molar-refractivity contribution in [2.24, 2.45) is 11.8 Å². The first-order valence-corrected chi connectivity index (χ1v) is 7.97. The Morgan fingerprint density at radius 2 is 2.05 bits per heavy atom. The smallest absolute Gasteiger partial charge is 0.224 e. The highest BCUT2D eigenvalue weighted by molar-refractivity contribution is 5.79. The minimum absolute atomic E-state index is 0.0302. The van der Waals surface area contributed by atoms with Crippen LogP contribution < -0.4 is 5.32 Å². The first kappa shape index (κ1) is 14.1. The maximum Gasteiger partial charge on any atom is 0.224 e. The molecule has 1 heterocycles. The lowest BCUT2D eigenvalue weighted by molar-refractivity contribution is -0.130. The summed E-state index contributed by atoms with van der Waals surface area (Å²) in [6, 6.07) is 0.122. The summed E-state index contributed by atoms with van der Waals surface area (Å²) in [6.07, 6.45) is 10.8. The summed E-state index contributed by atoms with van der Waals surface area (Å²) >= 11 is 0. The Morgan fingerprint density at radius 3 is 2.75 bits per heavy atom. The van der Waals surface area contributed by atoms with Crippen molar-refractivity contribution < 1.29 is 14.3 Å². The molecule has 0 bridgehead atoms. The number of hydrogen-bond acceptors (Lipinski definition) is 3. The van der Waals surface area contributed by atoms with Crippen LogP contribution in [-0.4, -0.2) is 37.9 Å². The Labute approximate surface area is 120 Å². The van der Waals surface area contributed by atoms with E-state index in [0.717, 1.165) is 38.4 Å². The second-order valence-electron chi connectivity index (χ2n) is 6.29. The quantitative estimate of drug-likeness (QED) is 0.783. The third-order valence-corrected chi connectivity index (χ3v) is 4.78. The van der Waals surface area contributed by atoms with E-state index in [0.29, 0.717) is 6.61 Å². The highest BCUT2D eigenvalue weighted by atomic mass is 16.5. The fourth-order valence-corrected chi connectivity index (χ4v) is 3.09. The van der Waals surface area contributed by atoms with Gasteiger partial charge in [0.15, 0.2) is 0 Å². The standard InChI is InChI=1S/C16H25NO3/c18-16(13-6-1-2-7-13)17-14-8-9-19-11-15(14)20-10-12-4-3-5-12/h1-2,12-15H,3-11H2,(H,17,18)/t14-,15-/m1/s1. The molecule has 0 aromatic rings. The molecule has 2 atom stereocenters. The van der Waals surface area contributed by atoms with Gasteiger partial charge in [-0.3, -0.25) is 4.79 Å². The summed E-state index contributed by atoms with van der Waals surface area (Å²) in [4.78, 5) is 12.2. The van der Waals surface area contributed by atoms with Crippen molar-refractivity contribution in [1.29, 1.82) is 0 Å². The van der Waals surface area contributed by atoms with Gasteiger partial charge in [0.05, 0.1) is 12.6 Å². The third-order valence-electron chi connectivity index (χ3n) is 4.78. The van der Waals surface area contributed by atoms with Gasteiger partial charge in [0.1, 0.15) is 6.10 Å². The van der Waals surface area contributed by atoms with Gasteiger partial charge in [-0.2, -0.15) is 0 Å².